The zero-order valence-electron chi connectivity index (χ0n) is 66.8. The highest BCUT2D eigenvalue weighted by molar-refractivity contribution is 7.47. The van der Waals surface area contributed by atoms with Crippen LogP contribution in [0.3, 0.4) is 0 Å². The summed E-state index contributed by atoms with van der Waals surface area (Å²) in [5, 5.41) is 10.6. The molecule has 608 valence electrons. The number of rotatable bonds is 83. The van der Waals surface area contributed by atoms with Crippen molar-refractivity contribution in [2.75, 3.05) is 39.6 Å². The SMILES string of the molecule is CCCCCC/C=C\C=C/CCCCCCCC(=O)O[C@H](COC(=O)CCCCCCCCCC)COP(=O)(O)OC[C@H](O)COP(=O)(O)OC[C@@H](COC(=O)CCCCCCCCCCCCCCCCCCCCC)OC(=O)CCCCCCCCCCCCCCCCCCCCCCC. The fourth-order valence-electron chi connectivity index (χ4n) is 12.6. The first kappa shape index (κ1) is 101. The van der Waals surface area contributed by atoms with Crippen molar-refractivity contribution in [2.45, 2.75) is 451 Å². The van der Waals surface area contributed by atoms with E-state index in [0.29, 0.717) is 25.7 Å². The first-order chi connectivity index (χ1) is 50.2. The average Bonchev–Trinajstić information content (AvgIpc) is 1.01. The van der Waals surface area contributed by atoms with Crippen LogP contribution in [-0.4, -0.2) is 96.7 Å². The number of allylic oxidation sites excluding steroid dienone is 4. The van der Waals surface area contributed by atoms with Crippen LogP contribution < -0.4 is 0 Å². The maximum Gasteiger partial charge on any atom is 0.472 e. The third-order valence-corrected chi connectivity index (χ3v) is 21.1. The summed E-state index contributed by atoms with van der Waals surface area (Å²) < 4.78 is 68.7. The highest BCUT2D eigenvalue weighted by atomic mass is 31.2. The van der Waals surface area contributed by atoms with Gasteiger partial charge >= 0.3 is 39.5 Å². The zero-order valence-corrected chi connectivity index (χ0v) is 68.6. The molecule has 2 unspecified atom stereocenters. The van der Waals surface area contributed by atoms with Crippen LogP contribution in [0.25, 0.3) is 0 Å². The van der Waals surface area contributed by atoms with Gasteiger partial charge in [0.05, 0.1) is 26.4 Å². The molecule has 0 aliphatic carbocycles. The largest absolute Gasteiger partial charge is 0.472 e. The Morgan fingerprint density at radius 1 is 0.272 bits per heavy atom. The molecule has 0 heterocycles. The lowest BCUT2D eigenvalue weighted by Gasteiger charge is -2.21. The summed E-state index contributed by atoms with van der Waals surface area (Å²) in [6.45, 7) is 4.94. The summed E-state index contributed by atoms with van der Waals surface area (Å²) in [7, 11) is -9.93. The number of unbranched alkanes of at least 4 members (excludes halogenated alkanes) is 54. The van der Waals surface area contributed by atoms with Gasteiger partial charge in [-0.25, -0.2) is 9.13 Å². The Morgan fingerprint density at radius 3 is 0.709 bits per heavy atom. The molecule has 0 fully saturated rings. The quantitative estimate of drug-likeness (QED) is 0.0169. The standard InChI is InChI=1S/C84H160O17P2/c1-5-9-13-17-21-25-28-31-34-36-38-39-41-43-46-49-52-55-59-63-67-71-84(89)101-80(75-95-82(87)69-65-61-57-53-50-47-45-42-40-37-35-32-29-26-22-18-14-10-6-2)77-99-103(92,93)97-73-78(85)72-96-102(90,91)98-76-79(74-94-81(86)68-64-60-56-24-20-16-12-8-4)100-83(88)70-66-62-58-54-51-48-44-33-30-27-23-19-15-11-7-3/h27,30,33,44,78-80,85H,5-26,28-29,31-32,34-43,45-77H2,1-4H3,(H,90,91)(H,92,93)/b30-27-,44-33-/t78-,79+,80+/m0/s1. The number of aliphatic hydroxyl groups is 1. The predicted molar refractivity (Wildman–Crippen MR) is 423 cm³/mol. The molecule has 103 heavy (non-hydrogen) atoms. The summed E-state index contributed by atoms with van der Waals surface area (Å²) >= 11 is 0. The maximum atomic E-state index is 13.1. The number of ether oxygens (including phenoxy) is 4. The molecule has 0 saturated heterocycles. The van der Waals surface area contributed by atoms with E-state index in [9.17, 15) is 43.2 Å². The maximum absolute atomic E-state index is 13.1. The van der Waals surface area contributed by atoms with Crippen molar-refractivity contribution in [2.24, 2.45) is 0 Å². The Hall–Kier alpha value is -2.46. The predicted octanol–water partition coefficient (Wildman–Crippen LogP) is 25.3. The zero-order chi connectivity index (χ0) is 75.3. The number of carbonyl (C=O) groups excluding carboxylic acids is 4. The van der Waals surface area contributed by atoms with Gasteiger partial charge in [0, 0.05) is 25.7 Å². The Balaban J connectivity index is 5.21. The molecule has 0 aromatic carbocycles. The number of phosphoric acid groups is 2. The van der Waals surface area contributed by atoms with E-state index in [1.54, 1.807) is 0 Å². The summed E-state index contributed by atoms with van der Waals surface area (Å²) in [5.74, 6) is -2.14. The van der Waals surface area contributed by atoms with Crippen LogP contribution in [0.15, 0.2) is 24.3 Å². The van der Waals surface area contributed by atoms with Crippen LogP contribution in [0.4, 0.5) is 0 Å². The molecule has 0 aliphatic rings. The normalized spacial score (nSPS) is 13.9. The van der Waals surface area contributed by atoms with E-state index >= 15 is 0 Å². The summed E-state index contributed by atoms with van der Waals surface area (Å²) in [6, 6.07) is 0. The van der Waals surface area contributed by atoms with Crippen LogP contribution in [0.5, 0.6) is 0 Å². The molecule has 0 radical (unpaired) electrons. The van der Waals surface area contributed by atoms with E-state index < -0.39 is 97.5 Å². The van der Waals surface area contributed by atoms with Gasteiger partial charge in [-0.1, -0.05) is 379 Å². The number of hydrogen-bond donors (Lipinski definition) is 3. The van der Waals surface area contributed by atoms with Gasteiger partial charge < -0.3 is 33.8 Å². The Bertz CT molecular complexity index is 2040. The van der Waals surface area contributed by atoms with E-state index in [2.05, 4.69) is 52.0 Å². The smallest absolute Gasteiger partial charge is 0.462 e. The van der Waals surface area contributed by atoms with Crippen molar-refractivity contribution in [1.29, 1.82) is 0 Å². The van der Waals surface area contributed by atoms with E-state index in [-0.39, 0.29) is 25.7 Å². The molecule has 0 saturated carbocycles. The average molecular weight is 1500 g/mol. The first-order valence-corrected chi connectivity index (χ1v) is 46.1. The molecule has 0 aromatic rings. The second-order valence-corrected chi connectivity index (χ2v) is 32.4. The number of aliphatic hydroxyl groups excluding tert-OH is 1. The van der Waals surface area contributed by atoms with Crippen molar-refractivity contribution in [3.63, 3.8) is 0 Å². The Kier molecular flexibility index (Phi) is 75.8. The topological polar surface area (TPSA) is 237 Å². The van der Waals surface area contributed by atoms with E-state index in [1.807, 2.05) is 0 Å². The minimum Gasteiger partial charge on any atom is -0.462 e. The molecule has 0 rings (SSSR count). The van der Waals surface area contributed by atoms with Crippen molar-refractivity contribution in [3.05, 3.63) is 24.3 Å². The van der Waals surface area contributed by atoms with Gasteiger partial charge in [0.2, 0.25) is 0 Å². The van der Waals surface area contributed by atoms with Gasteiger partial charge in [-0.2, -0.15) is 0 Å². The second kappa shape index (κ2) is 77.7. The number of esters is 4. The second-order valence-electron chi connectivity index (χ2n) is 29.5. The number of phosphoric ester groups is 2. The first-order valence-electron chi connectivity index (χ1n) is 43.1. The molecule has 17 nitrogen and oxygen atoms in total. The van der Waals surface area contributed by atoms with Gasteiger partial charge in [-0.3, -0.25) is 37.3 Å². The Labute approximate surface area is 631 Å². The monoisotopic (exact) mass is 1500 g/mol. The number of carbonyl (C=O) groups is 4. The lowest BCUT2D eigenvalue weighted by molar-refractivity contribution is -0.161. The van der Waals surface area contributed by atoms with Crippen LogP contribution in [0, 0.1) is 0 Å². The van der Waals surface area contributed by atoms with Crippen molar-refractivity contribution in [3.8, 4) is 0 Å². The molecular weight excluding hydrogens is 1340 g/mol. The molecule has 3 N–H and O–H groups in total. The Morgan fingerprint density at radius 2 is 0.466 bits per heavy atom. The van der Waals surface area contributed by atoms with Gasteiger partial charge in [0.25, 0.3) is 0 Å². The third-order valence-electron chi connectivity index (χ3n) is 19.2. The fourth-order valence-corrected chi connectivity index (χ4v) is 14.2. The molecule has 0 bridgehead atoms. The van der Waals surface area contributed by atoms with Crippen LogP contribution in [0.1, 0.15) is 432 Å². The number of hydrogen-bond acceptors (Lipinski definition) is 15. The van der Waals surface area contributed by atoms with E-state index in [0.717, 1.165) is 109 Å². The van der Waals surface area contributed by atoms with Crippen LogP contribution in [0.2, 0.25) is 0 Å². The molecule has 19 heteroatoms. The molecular formula is C84H160O17P2. The molecule has 0 spiro atoms. The summed E-state index contributed by atoms with van der Waals surface area (Å²) in [6.07, 6.45) is 74.6. The van der Waals surface area contributed by atoms with Crippen molar-refractivity contribution < 1.29 is 80.2 Å². The van der Waals surface area contributed by atoms with Crippen molar-refractivity contribution >= 4 is 39.5 Å². The van der Waals surface area contributed by atoms with E-state index in [4.69, 9.17) is 37.0 Å². The highest BCUT2D eigenvalue weighted by Crippen LogP contribution is 2.45. The summed E-state index contributed by atoms with van der Waals surface area (Å²) in [4.78, 5) is 73.0. The molecule has 0 aromatic heterocycles. The molecule has 0 aliphatic heterocycles. The highest BCUT2D eigenvalue weighted by Gasteiger charge is 2.30. The minimum absolute atomic E-state index is 0.0855. The lowest BCUT2D eigenvalue weighted by Crippen LogP contribution is -2.30. The minimum atomic E-state index is -4.97. The van der Waals surface area contributed by atoms with Crippen LogP contribution >= 0.6 is 15.6 Å². The van der Waals surface area contributed by atoms with Crippen LogP contribution in [-0.2, 0) is 65.4 Å². The van der Waals surface area contributed by atoms with Gasteiger partial charge in [0.15, 0.2) is 12.2 Å². The van der Waals surface area contributed by atoms with Gasteiger partial charge in [0.1, 0.15) is 19.3 Å². The molecule has 0 amide bonds. The fraction of sp³-hybridized carbons (Fsp3) is 0.905. The lowest BCUT2D eigenvalue weighted by atomic mass is 10.0. The van der Waals surface area contributed by atoms with Gasteiger partial charge in [-0.15, -0.1) is 0 Å². The van der Waals surface area contributed by atoms with Gasteiger partial charge in [-0.05, 0) is 51.4 Å². The summed E-state index contributed by atoms with van der Waals surface area (Å²) in [5.41, 5.74) is 0. The molecule has 5 atom stereocenters. The van der Waals surface area contributed by atoms with E-state index in [1.165, 1.54) is 244 Å². The van der Waals surface area contributed by atoms with Crippen molar-refractivity contribution in [1.82, 2.24) is 0 Å². The third kappa shape index (κ3) is 77.5.